The molecule has 3 aromatic rings. The van der Waals surface area contributed by atoms with Crippen LogP contribution in [-0.2, 0) is 6.42 Å². The van der Waals surface area contributed by atoms with Gasteiger partial charge in [0.05, 0.1) is 5.69 Å². The summed E-state index contributed by atoms with van der Waals surface area (Å²) >= 11 is 0. The van der Waals surface area contributed by atoms with E-state index in [1.54, 1.807) is 0 Å². The van der Waals surface area contributed by atoms with E-state index in [0.717, 1.165) is 55.0 Å². The van der Waals surface area contributed by atoms with E-state index in [1.807, 2.05) is 48.5 Å². The number of hydrogen-bond donors (Lipinski definition) is 2. The highest BCUT2D eigenvalue weighted by atomic mass is 15.1. The third kappa shape index (κ3) is 5.08. The number of hydrogen-bond acceptors (Lipinski definition) is 5. The minimum absolute atomic E-state index is 0.523. The maximum absolute atomic E-state index is 6.39. The van der Waals surface area contributed by atoms with E-state index in [9.17, 15) is 0 Å². The molecule has 0 aliphatic heterocycles. The number of nitrogen functional groups attached to an aromatic ring is 1. The van der Waals surface area contributed by atoms with Crippen molar-refractivity contribution in [1.29, 1.82) is 0 Å². The van der Waals surface area contributed by atoms with Crippen molar-refractivity contribution in [2.75, 3.05) is 30.7 Å². The zero-order valence-electron chi connectivity index (χ0n) is 16.7. The van der Waals surface area contributed by atoms with E-state index in [0.29, 0.717) is 11.8 Å². The first-order valence-electron chi connectivity index (χ1n) is 9.97. The standard InChI is InChI=1S/C23H29N5/c1-3-28(4-2)17-11-16-20-21(18-12-7-5-8-13-18)26-23(27-22(20)24)25-19-14-9-6-10-15-19/h5-10,12-15H,3-4,11,16-17H2,1-2H3,(H3,24,25,26,27). The number of benzene rings is 2. The quantitative estimate of drug-likeness (QED) is 0.565. The van der Waals surface area contributed by atoms with Crippen LogP contribution in [0.2, 0.25) is 0 Å². The highest BCUT2D eigenvalue weighted by molar-refractivity contribution is 5.70. The number of nitrogens with one attached hydrogen (secondary N) is 1. The molecule has 0 radical (unpaired) electrons. The lowest BCUT2D eigenvalue weighted by molar-refractivity contribution is 0.300. The van der Waals surface area contributed by atoms with Crippen LogP contribution in [0.25, 0.3) is 11.3 Å². The second-order valence-electron chi connectivity index (χ2n) is 6.75. The van der Waals surface area contributed by atoms with Gasteiger partial charge in [0.2, 0.25) is 5.95 Å². The van der Waals surface area contributed by atoms with Gasteiger partial charge in [0.15, 0.2) is 0 Å². The van der Waals surface area contributed by atoms with Gasteiger partial charge in [-0.1, -0.05) is 62.4 Å². The third-order valence-corrected chi connectivity index (χ3v) is 4.91. The minimum atomic E-state index is 0.523. The molecule has 0 amide bonds. The topological polar surface area (TPSA) is 67.1 Å². The van der Waals surface area contributed by atoms with Crippen molar-refractivity contribution in [3.8, 4) is 11.3 Å². The van der Waals surface area contributed by atoms with Gasteiger partial charge in [0.1, 0.15) is 5.82 Å². The van der Waals surface area contributed by atoms with E-state index < -0.39 is 0 Å². The molecule has 0 fully saturated rings. The lowest BCUT2D eigenvalue weighted by atomic mass is 10.0. The maximum atomic E-state index is 6.39. The summed E-state index contributed by atoms with van der Waals surface area (Å²) < 4.78 is 0. The van der Waals surface area contributed by atoms with Crippen molar-refractivity contribution >= 4 is 17.5 Å². The molecule has 0 unspecified atom stereocenters. The van der Waals surface area contributed by atoms with Crippen molar-refractivity contribution in [3.63, 3.8) is 0 Å². The molecule has 0 aliphatic rings. The van der Waals surface area contributed by atoms with Gasteiger partial charge in [-0.3, -0.25) is 0 Å². The van der Waals surface area contributed by atoms with Crippen LogP contribution in [-0.4, -0.2) is 34.5 Å². The summed E-state index contributed by atoms with van der Waals surface area (Å²) in [4.78, 5) is 11.8. The fourth-order valence-corrected chi connectivity index (χ4v) is 3.31. The molecule has 0 atom stereocenters. The average molecular weight is 376 g/mol. The SMILES string of the molecule is CCN(CC)CCCc1c(N)nc(Nc2ccccc2)nc1-c1ccccc1. The smallest absolute Gasteiger partial charge is 0.229 e. The van der Waals surface area contributed by atoms with Gasteiger partial charge in [-0.05, 0) is 44.6 Å². The Bertz CT molecular complexity index is 861. The Morgan fingerprint density at radius 3 is 2.18 bits per heavy atom. The molecule has 1 heterocycles. The Balaban J connectivity index is 1.89. The van der Waals surface area contributed by atoms with Gasteiger partial charge >= 0.3 is 0 Å². The molecule has 0 saturated heterocycles. The second kappa shape index (κ2) is 9.85. The van der Waals surface area contributed by atoms with Gasteiger partial charge < -0.3 is 16.0 Å². The molecule has 5 nitrogen and oxygen atoms in total. The molecule has 0 spiro atoms. The molecule has 0 bridgehead atoms. The Labute approximate surface area is 167 Å². The van der Waals surface area contributed by atoms with Crippen LogP contribution in [0.3, 0.4) is 0 Å². The Morgan fingerprint density at radius 1 is 0.893 bits per heavy atom. The van der Waals surface area contributed by atoms with Crippen LogP contribution in [0.15, 0.2) is 60.7 Å². The largest absolute Gasteiger partial charge is 0.383 e. The maximum Gasteiger partial charge on any atom is 0.229 e. The number of para-hydroxylation sites is 1. The predicted octanol–water partition coefficient (Wildman–Crippen LogP) is 4.74. The number of anilines is 3. The van der Waals surface area contributed by atoms with Crippen molar-refractivity contribution in [1.82, 2.24) is 14.9 Å². The second-order valence-corrected chi connectivity index (χ2v) is 6.75. The van der Waals surface area contributed by atoms with Crippen LogP contribution in [0.5, 0.6) is 0 Å². The summed E-state index contributed by atoms with van der Waals surface area (Å²) in [5.74, 6) is 1.07. The first-order chi connectivity index (χ1) is 13.7. The Kier molecular flexibility index (Phi) is 6.98. The molecule has 0 saturated carbocycles. The van der Waals surface area contributed by atoms with Crippen molar-refractivity contribution in [2.45, 2.75) is 26.7 Å². The third-order valence-electron chi connectivity index (χ3n) is 4.91. The number of nitrogens with zero attached hydrogens (tertiary/aromatic N) is 3. The lowest BCUT2D eigenvalue weighted by Crippen LogP contribution is -2.24. The zero-order valence-corrected chi connectivity index (χ0v) is 16.7. The number of aromatic nitrogens is 2. The van der Waals surface area contributed by atoms with Crippen molar-refractivity contribution in [2.24, 2.45) is 0 Å². The highest BCUT2D eigenvalue weighted by Gasteiger charge is 2.15. The summed E-state index contributed by atoms with van der Waals surface area (Å²) in [6, 6.07) is 20.1. The molecule has 28 heavy (non-hydrogen) atoms. The monoisotopic (exact) mass is 375 g/mol. The number of rotatable bonds is 9. The molecule has 3 N–H and O–H groups in total. The van der Waals surface area contributed by atoms with Crippen LogP contribution in [0.4, 0.5) is 17.5 Å². The summed E-state index contributed by atoms with van der Waals surface area (Å²) in [7, 11) is 0. The molecule has 146 valence electrons. The normalized spacial score (nSPS) is 11.0. The fourth-order valence-electron chi connectivity index (χ4n) is 3.31. The highest BCUT2D eigenvalue weighted by Crippen LogP contribution is 2.28. The van der Waals surface area contributed by atoms with Gasteiger partial charge in [-0.2, -0.15) is 4.98 Å². The first-order valence-corrected chi connectivity index (χ1v) is 9.97. The molecule has 0 aliphatic carbocycles. The Hall–Kier alpha value is -2.92. The molecular formula is C23H29N5. The number of nitrogens with two attached hydrogens (primary N) is 1. The van der Waals surface area contributed by atoms with Gasteiger partial charge in [-0.25, -0.2) is 4.98 Å². The summed E-state index contributed by atoms with van der Waals surface area (Å²) in [6.45, 7) is 7.56. The van der Waals surface area contributed by atoms with Crippen LogP contribution >= 0.6 is 0 Å². The van der Waals surface area contributed by atoms with E-state index >= 15 is 0 Å². The molecule has 1 aromatic heterocycles. The molecular weight excluding hydrogens is 346 g/mol. The fraction of sp³-hybridized carbons (Fsp3) is 0.304. The Morgan fingerprint density at radius 2 is 1.54 bits per heavy atom. The minimum Gasteiger partial charge on any atom is -0.383 e. The summed E-state index contributed by atoms with van der Waals surface area (Å²) in [5, 5.41) is 3.26. The van der Waals surface area contributed by atoms with Crippen LogP contribution in [0.1, 0.15) is 25.8 Å². The van der Waals surface area contributed by atoms with E-state index in [4.69, 9.17) is 10.7 Å². The van der Waals surface area contributed by atoms with Crippen molar-refractivity contribution < 1.29 is 0 Å². The van der Waals surface area contributed by atoms with Gasteiger partial charge in [0, 0.05) is 16.8 Å². The summed E-state index contributed by atoms with van der Waals surface area (Å²) in [6.07, 6.45) is 1.89. The van der Waals surface area contributed by atoms with E-state index in [2.05, 4.69) is 41.2 Å². The van der Waals surface area contributed by atoms with Crippen LogP contribution in [0, 0.1) is 0 Å². The van der Waals surface area contributed by atoms with Crippen molar-refractivity contribution in [3.05, 3.63) is 66.2 Å². The van der Waals surface area contributed by atoms with E-state index in [-0.39, 0.29) is 0 Å². The van der Waals surface area contributed by atoms with E-state index in [1.165, 1.54) is 0 Å². The lowest BCUT2D eigenvalue weighted by Gasteiger charge is -2.19. The first kappa shape index (κ1) is 19.8. The average Bonchev–Trinajstić information content (AvgIpc) is 2.73. The molecule has 2 aromatic carbocycles. The van der Waals surface area contributed by atoms with Gasteiger partial charge in [-0.15, -0.1) is 0 Å². The molecule has 5 heteroatoms. The summed E-state index contributed by atoms with van der Waals surface area (Å²) in [5.41, 5.74) is 10.3. The predicted molar refractivity (Wildman–Crippen MR) is 118 cm³/mol. The zero-order chi connectivity index (χ0) is 19.8. The van der Waals surface area contributed by atoms with Crippen LogP contribution < -0.4 is 11.1 Å². The van der Waals surface area contributed by atoms with Gasteiger partial charge in [0.25, 0.3) is 0 Å². The molecule has 3 rings (SSSR count).